The Labute approximate surface area is 126 Å². The molecular formula is C16H13N3O3. The summed E-state index contributed by atoms with van der Waals surface area (Å²) >= 11 is 0. The molecule has 0 bridgehead atoms. The van der Waals surface area contributed by atoms with Gasteiger partial charge in [-0.2, -0.15) is 4.98 Å². The maximum Gasteiger partial charge on any atom is 0.269 e. The second-order valence-corrected chi connectivity index (χ2v) is 4.98. The molecule has 22 heavy (non-hydrogen) atoms. The third-order valence-corrected chi connectivity index (χ3v) is 3.28. The maximum atomic E-state index is 10.6. The van der Waals surface area contributed by atoms with Crippen molar-refractivity contribution in [1.82, 2.24) is 10.1 Å². The number of aryl methyl sites for hydroxylation is 1. The van der Waals surface area contributed by atoms with Crippen molar-refractivity contribution >= 4 is 5.69 Å². The Morgan fingerprint density at radius 1 is 1.09 bits per heavy atom. The predicted octanol–water partition coefficient (Wildman–Crippen LogP) is 3.54. The topological polar surface area (TPSA) is 82.1 Å². The van der Waals surface area contributed by atoms with E-state index in [9.17, 15) is 10.1 Å². The quantitative estimate of drug-likeness (QED) is 0.543. The molecule has 3 rings (SSSR count). The first kappa shape index (κ1) is 13.9. The van der Waals surface area contributed by atoms with Gasteiger partial charge < -0.3 is 4.52 Å². The Bertz CT molecular complexity index is 792. The van der Waals surface area contributed by atoms with Crippen molar-refractivity contribution < 1.29 is 9.45 Å². The molecule has 0 amide bonds. The zero-order chi connectivity index (χ0) is 15.5. The van der Waals surface area contributed by atoms with Crippen LogP contribution in [-0.2, 0) is 6.42 Å². The van der Waals surface area contributed by atoms with Crippen molar-refractivity contribution in [3.05, 3.63) is 75.7 Å². The number of non-ortho nitro benzene ring substituents is 1. The minimum atomic E-state index is -0.442. The first-order valence-electron chi connectivity index (χ1n) is 6.75. The van der Waals surface area contributed by atoms with Crippen LogP contribution in [0.4, 0.5) is 5.69 Å². The van der Waals surface area contributed by atoms with E-state index in [-0.39, 0.29) is 5.69 Å². The van der Waals surface area contributed by atoms with Crippen molar-refractivity contribution in [3.63, 3.8) is 0 Å². The Morgan fingerprint density at radius 2 is 1.77 bits per heavy atom. The van der Waals surface area contributed by atoms with Gasteiger partial charge in [0.1, 0.15) is 0 Å². The minimum Gasteiger partial charge on any atom is -0.339 e. The fourth-order valence-corrected chi connectivity index (χ4v) is 2.06. The summed E-state index contributed by atoms with van der Waals surface area (Å²) in [6.07, 6.45) is 0.556. The highest BCUT2D eigenvalue weighted by molar-refractivity contribution is 5.56. The number of benzene rings is 2. The molecule has 0 radical (unpaired) electrons. The van der Waals surface area contributed by atoms with Crippen LogP contribution in [0.1, 0.15) is 17.0 Å². The lowest BCUT2D eigenvalue weighted by molar-refractivity contribution is -0.384. The summed E-state index contributed by atoms with van der Waals surface area (Å²) in [5, 5.41) is 14.6. The number of hydrogen-bond donors (Lipinski definition) is 0. The normalized spacial score (nSPS) is 10.6. The lowest BCUT2D eigenvalue weighted by Crippen LogP contribution is -1.89. The molecule has 0 aliphatic heterocycles. The Morgan fingerprint density at radius 3 is 2.41 bits per heavy atom. The molecule has 1 aromatic heterocycles. The SMILES string of the molecule is Cc1ccc(Cc2nc(-c3ccc([N+](=O)[O-])cc3)no2)cc1. The number of rotatable bonds is 4. The third-order valence-electron chi connectivity index (χ3n) is 3.28. The summed E-state index contributed by atoms with van der Waals surface area (Å²) in [7, 11) is 0. The van der Waals surface area contributed by atoms with E-state index in [1.54, 1.807) is 12.1 Å². The largest absolute Gasteiger partial charge is 0.339 e. The molecule has 0 fully saturated rings. The summed E-state index contributed by atoms with van der Waals surface area (Å²) in [6, 6.07) is 14.2. The zero-order valence-electron chi connectivity index (χ0n) is 11.9. The summed E-state index contributed by atoms with van der Waals surface area (Å²) < 4.78 is 5.24. The minimum absolute atomic E-state index is 0.0344. The Hall–Kier alpha value is -3.02. The van der Waals surface area contributed by atoms with Gasteiger partial charge in [-0.25, -0.2) is 0 Å². The van der Waals surface area contributed by atoms with E-state index in [1.807, 2.05) is 31.2 Å². The van der Waals surface area contributed by atoms with Crippen molar-refractivity contribution in [3.8, 4) is 11.4 Å². The standard InChI is InChI=1S/C16H13N3O3/c1-11-2-4-12(5-3-11)10-15-17-16(18-22-15)13-6-8-14(9-7-13)19(20)21/h2-9H,10H2,1H3. The first-order chi connectivity index (χ1) is 10.6. The van der Waals surface area contributed by atoms with Gasteiger partial charge in [-0.05, 0) is 24.6 Å². The molecule has 0 spiro atoms. The van der Waals surface area contributed by atoms with E-state index in [0.29, 0.717) is 23.7 Å². The third kappa shape index (κ3) is 3.01. The smallest absolute Gasteiger partial charge is 0.269 e. The van der Waals surface area contributed by atoms with Crippen LogP contribution in [0.3, 0.4) is 0 Å². The number of nitro groups is 1. The van der Waals surface area contributed by atoms with Gasteiger partial charge in [0.25, 0.3) is 5.69 Å². The number of hydrogen-bond acceptors (Lipinski definition) is 5. The highest BCUT2D eigenvalue weighted by Crippen LogP contribution is 2.20. The van der Waals surface area contributed by atoms with E-state index in [2.05, 4.69) is 10.1 Å². The van der Waals surface area contributed by atoms with Crippen LogP contribution in [0.25, 0.3) is 11.4 Å². The van der Waals surface area contributed by atoms with Crippen molar-refractivity contribution in [1.29, 1.82) is 0 Å². The van der Waals surface area contributed by atoms with Crippen molar-refractivity contribution in [2.45, 2.75) is 13.3 Å². The molecule has 110 valence electrons. The molecule has 0 atom stereocenters. The molecule has 6 heteroatoms. The molecule has 0 aliphatic carbocycles. The molecule has 2 aromatic carbocycles. The second-order valence-electron chi connectivity index (χ2n) is 4.98. The average molecular weight is 295 g/mol. The zero-order valence-corrected chi connectivity index (χ0v) is 11.9. The highest BCUT2D eigenvalue weighted by atomic mass is 16.6. The fraction of sp³-hybridized carbons (Fsp3) is 0.125. The molecule has 0 N–H and O–H groups in total. The molecule has 0 unspecified atom stereocenters. The van der Waals surface area contributed by atoms with Gasteiger partial charge in [-0.1, -0.05) is 35.0 Å². The Kier molecular flexibility index (Phi) is 3.65. The van der Waals surface area contributed by atoms with Crippen molar-refractivity contribution in [2.24, 2.45) is 0 Å². The van der Waals surface area contributed by atoms with Gasteiger partial charge in [0.05, 0.1) is 11.3 Å². The van der Waals surface area contributed by atoms with Crippen LogP contribution in [0.2, 0.25) is 0 Å². The fourth-order valence-electron chi connectivity index (χ4n) is 2.06. The summed E-state index contributed by atoms with van der Waals surface area (Å²) in [4.78, 5) is 14.5. The molecule has 1 heterocycles. The molecular weight excluding hydrogens is 282 g/mol. The lowest BCUT2D eigenvalue weighted by Gasteiger charge is -1.97. The van der Waals surface area contributed by atoms with Crippen LogP contribution in [0, 0.1) is 17.0 Å². The Balaban J connectivity index is 1.78. The van der Waals surface area contributed by atoms with E-state index < -0.39 is 4.92 Å². The highest BCUT2D eigenvalue weighted by Gasteiger charge is 2.11. The number of aromatic nitrogens is 2. The first-order valence-corrected chi connectivity index (χ1v) is 6.75. The van der Waals surface area contributed by atoms with Crippen LogP contribution in [0.15, 0.2) is 53.1 Å². The monoisotopic (exact) mass is 295 g/mol. The van der Waals surface area contributed by atoms with E-state index in [1.165, 1.54) is 17.7 Å². The molecule has 3 aromatic rings. The van der Waals surface area contributed by atoms with E-state index in [4.69, 9.17) is 4.52 Å². The summed E-state index contributed by atoms with van der Waals surface area (Å²) in [6.45, 7) is 2.03. The maximum absolute atomic E-state index is 10.6. The van der Waals surface area contributed by atoms with Gasteiger partial charge in [-0.15, -0.1) is 0 Å². The summed E-state index contributed by atoms with van der Waals surface area (Å²) in [5.74, 6) is 0.939. The van der Waals surface area contributed by atoms with Gasteiger partial charge in [0, 0.05) is 17.7 Å². The van der Waals surface area contributed by atoms with Gasteiger partial charge in [0.15, 0.2) is 0 Å². The number of nitrogens with zero attached hydrogens (tertiary/aromatic N) is 3. The molecule has 6 nitrogen and oxygen atoms in total. The molecule has 0 aliphatic rings. The van der Waals surface area contributed by atoms with Crippen LogP contribution >= 0.6 is 0 Å². The van der Waals surface area contributed by atoms with E-state index in [0.717, 1.165) is 5.56 Å². The lowest BCUT2D eigenvalue weighted by atomic mass is 10.1. The summed E-state index contributed by atoms with van der Waals surface area (Å²) in [5.41, 5.74) is 3.00. The van der Waals surface area contributed by atoms with Crippen LogP contribution in [-0.4, -0.2) is 15.1 Å². The van der Waals surface area contributed by atoms with E-state index >= 15 is 0 Å². The second kappa shape index (κ2) is 5.77. The molecule has 0 saturated carbocycles. The van der Waals surface area contributed by atoms with Crippen LogP contribution in [0.5, 0.6) is 0 Å². The van der Waals surface area contributed by atoms with Gasteiger partial charge >= 0.3 is 0 Å². The van der Waals surface area contributed by atoms with Crippen LogP contribution < -0.4 is 0 Å². The van der Waals surface area contributed by atoms with Gasteiger partial charge in [-0.3, -0.25) is 10.1 Å². The molecule has 0 saturated heterocycles. The predicted molar refractivity (Wildman–Crippen MR) is 80.4 cm³/mol. The van der Waals surface area contributed by atoms with Crippen molar-refractivity contribution in [2.75, 3.05) is 0 Å². The number of nitro benzene ring substituents is 1. The van der Waals surface area contributed by atoms with Gasteiger partial charge in [0.2, 0.25) is 11.7 Å². The average Bonchev–Trinajstić information content (AvgIpc) is 2.98.